The van der Waals surface area contributed by atoms with Gasteiger partial charge in [-0.25, -0.2) is 9.97 Å². The predicted molar refractivity (Wildman–Crippen MR) is 118 cm³/mol. The van der Waals surface area contributed by atoms with Gasteiger partial charge in [-0.2, -0.15) is 0 Å². The Kier molecular flexibility index (Phi) is 5.89. The molecule has 4 aromatic rings. The first-order valence-electron chi connectivity index (χ1n) is 9.52. The van der Waals surface area contributed by atoms with Crippen LogP contribution in [0.25, 0.3) is 10.2 Å². The highest BCUT2D eigenvalue weighted by Crippen LogP contribution is 2.34. The van der Waals surface area contributed by atoms with E-state index in [-0.39, 0.29) is 11.6 Å². The second-order valence-electron chi connectivity index (χ2n) is 6.72. The lowest BCUT2D eigenvalue weighted by Crippen LogP contribution is -2.32. The lowest BCUT2D eigenvalue weighted by Gasteiger charge is -2.20. The number of carbonyl (C=O) groups excluding carboxylic acids is 1. The second kappa shape index (κ2) is 8.92. The Bertz CT molecular complexity index is 1200. The summed E-state index contributed by atoms with van der Waals surface area (Å²) in [4.78, 5) is 34.1. The van der Waals surface area contributed by atoms with Gasteiger partial charge >= 0.3 is 0 Å². The summed E-state index contributed by atoms with van der Waals surface area (Å²) in [7, 11) is 1.58. The molecular weight excluding hydrogens is 418 g/mol. The Balaban J connectivity index is 1.65. The minimum Gasteiger partial charge on any atom is -0.494 e. The van der Waals surface area contributed by atoms with E-state index in [1.165, 1.54) is 35.6 Å². The number of nitro groups is 1. The van der Waals surface area contributed by atoms with Crippen LogP contribution in [0.4, 0.5) is 10.8 Å². The summed E-state index contributed by atoms with van der Waals surface area (Å²) in [5.74, 6) is 0.375. The lowest BCUT2D eigenvalue weighted by atomic mass is 10.2. The van der Waals surface area contributed by atoms with Gasteiger partial charge in [0, 0.05) is 43.2 Å². The van der Waals surface area contributed by atoms with E-state index in [1.54, 1.807) is 24.5 Å². The van der Waals surface area contributed by atoms with Gasteiger partial charge in [0.2, 0.25) is 0 Å². The molecule has 1 amide bonds. The van der Waals surface area contributed by atoms with Gasteiger partial charge < -0.3 is 9.30 Å². The fraction of sp³-hybridized carbons (Fsp3) is 0.190. The normalized spacial score (nSPS) is 10.9. The predicted octanol–water partition coefficient (Wildman–Crippen LogP) is 4.15. The summed E-state index contributed by atoms with van der Waals surface area (Å²) in [6, 6.07) is 11.2. The molecule has 0 spiro atoms. The van der Waals surface area contributed by atoms with E-state index < -0.39 is 4.92 Å². The topological polar surface area (TPSA) is 103 Å². The first-order chi connectivity index (χ1) is 15.1. The number of amides is 1. The summed E-state index contributed by atoms with van der Waals surface area (Å²) in [6.45, 7) is 1.12. The van der Waals surface area contributed by atoms with Crippen molar-refractivity contribution in [3.8, 4) is 5.75 Å². The minimum absolute atomic E-state index is 0.0621. The summed E-state index contributed by atoms with van der Waals surface area (Å²) < 4.78 is 8.25. The van der Waals surface area contributed by atoms with E-state index in [0.717, 1.165) is 4.70 Å². The van der Waals surface area contributed by atoms with E-state index in [9.17, 15) is 14.9 Å². The number of benzene rings is 2. The molecule has 0 aliphatic heterocycles. The zero-order valence-corrected chi connectivity index (χ0v) is 17.5. The summed E-state index contributed by atoms with van der Waals surface area (Å²) >= 11 is 1.40. The molecule has 9 nitrogen and oxygen atoms in total. The molecule has 0 fully saturated rings. The van der Waals surface area contributed by atoms with Gasteiger partial charge in [0.1, 0.15) is 11.3 Å². The van der Waals surface area contributed by atoms with Gasteiger partial charge in [-0.3, -0.25) is 19.8 Å². The number of fused-ring (bicyclic) bond motifs is 1. The van der Waals surface area contributed by atoms with Crippen LogP contribution in [-0.4, -0.2) is 39.0 Å². The molecule has 10 heteroatoms. The number of carbonyl (C=O) groups is 1. The zero-order chi connectivity index (χ0) is 21.8. The third kappa shape index (κ3) is 4.38. The van der Waals surface area contributed by atoms with E-state index in [1.807, 2.05) is 29.0 Å². The maximum absolute atomic E-state index is 13.3. The lowest BCUT2D eigenvalue weighted by molar-refractivity contribution is -0.384. The number of aryl methyl sites for hydroxylation is 1. The zero-order valence-electron chi connectivity index (χ0n) is 16.7. The van der Waals surface area contributed by atoms with Crippen LogP contribution in [0.2, 0.25) is 0 Å². The molecule has 0 saturated carbocycles. The number of para-hydroxylation sites is 1. The number of nitro benzene ring substituents is 1. The summed E-state index contributed by atoms with van der Waals surface area (Å²) in [5.41, 5.74) is 0.994. The number of imidazole rings is 1. The Hall–Kier alpha value is -3.79. The van der Waals surface area contributed by atoms with E-state index in [2.05, 4.69) is 9.97 Å². The number of rotatable bonds is 8. The Labute approximate surface area is 181 Å². The number of hydrogen-bond donors (Lipinski definition) is 0. The second-order valence-corrected chi connectivity index (χ2v) is 7.73. The number of aromatic nitrogens is 3. The van der Waals surface area contributed by atoms with Crippen LogP contribution < -0.4 is 9.64 Å². The molecule has 4 rings (SSSR count). The largest absolute Gasteiger partial charge is 0.494 e. The molecule has 0 aliphatic carbocycles. The standard InChI is InChI=1S/C21H19N5O4S/c1-30-17-4-2-5-18-19(17)23-21(31-18)25(12-3-11-24-13-10-22-14-24)20(27)15-6-8-16(9-7-15)26(28)29/h2,4-10,13-14H,3,11-12H2,1H3. The molecule has 0 N–H and O–H groups in total. The smallest absolute Gasteiger partial charge is 0.269 e. The van der Waals surface area contributed by atoms with Crippen molar-refractivity contribution in [2.24, 2.45) is 0 Å². The molecule has 0 unspecified atom stereocenters. The molecule has 2 heterocycles. The maximum atomic E-state index is 13.3. The molecule has 0 radical (unpaired) electrons. The van der Waals surface area contributed by atoms with Crippen molar-refractivity contribution < 1.29 is 14.5 Å². The van der Waals surface area contributed by atoms with Crippen molar-refractivity contribution in [2.75, 3.05) is 18.6 Å². The number of hydrogen-bond acceptors (Lipinski definition) is 7. The van der Waals surface area contributed by atoms with E-state index in [0.29, 0.717) is 41.5 Å². The van der Waals surface area contributed by atoms with Crippen LogP contribution >= 0.6 is 11.3 Å². The Morgan fingerprint density at radius 1 is 1.26 bits per heavy atom. The molecule has 2 aromatic heterocycles. The maximum Gasteiger partial charge on any atom is 0.269 e. The fourth-order valence-electron chi connectivity index (χ4n) is 3.19. The van der Waals surface area contributed by atoms with Crippen molar-refractivity contribution in [1.29, 1.82) is 0 Å². The van der Waals surface area contributed by atoms with Gasteiger partial charge in [0.25, 0.3) is 11.6 Å². The van der Waals surface area contributed by atoms with Crippen LogP contribution in [0.5, 0.6) is 5.75 Å². The Morgan fingerprint density at radius 2 is 2.06 bits per heavy atom. The molecule has 0 saturated heterocycles. The van der Waals surface area contributed by atoms with Crippen LogP contribution in [0.15, 0.2) is 61.2 Å². The molecular formula is C21H19N5O4S. The number of methoxy groups -OCH3 is 1. The molecule has 0 atom stereocenters. The van der Waals surface area contributed by atoms with Crippen molar-refractivity contribution in [2.45, 2.75) is 13.0 Å². The summed E-state index contributed by atoms with van der Waals surface area (Å²) in [6.07, 6.45) is 5.98. The highest BCUT2D eigenvalue weighted by molar-refractivity contribution is 7.22. The van der Waals surface area contributed by atoms with Crippen molar-refractivity contribution in [1.82, 2.24) is 14.5 Å². The molecule has 158 valence electrons. The number of non-ortho nitro benzene ring substituents is 1. The third-order valence-corrected chi connectivity index (χ3v) is 5.79. The minimum atomic E-state index is -0.489. The number of ether oxygens (including phenoxy) is 1. The average molecular weight is 437 g/mol. The van der Waals surface area contributed by atoms with Crippen molar-refractivity contribution in [3.63, 3.8) is 0 Å². The third-order valence-electron chi connectivity index (χ3n) is 4.75. The van der Waals surface area contributed by atoms with Gasteiger partial charge in [-0.1, -0.05) is 17.4 Å². The number of thiazole rings is 1. The van der Waals surface area contributed by atoms with Gasteiger partial charge in [-0.05, 0) is 30.7 Å². The van der Waals surface area contributed by atoms with Crippen LogP contribution in [-0.2, 0) is 6.54 Å². The average Bonchev–Trinajstić information content (AvgIpc) is 3.45. The Morgan fingerprint density at radius 3 is 2.74 bits per heavy atom. The highest BCUT2D eigenvalue weighted by atomic mass is 32.1. The van der Waals surface area contributed by atoms with Gasteiger partial charge in [0.05, 0.1) is 23.1 Å². The van der Waals surface area contributed by atoms with Crippen molar-refractivity contribution in [3.05, 3.63) is 76.9 Å². The SMILES string of the molecule is COc1cccc2sc(N(CCCn3ccnc3)C(=O)c3ccc([N+](=O)[O-])cc3)nc12. The monoisotopic (exact) mass is 437 g/mol. The van der Waals surface area contributed by atoms with Crippen LogP contribution in [0.3, 0.4) is 0 Å². The van der Waals surface area contributed by atoms with Crippen molar-refractivity contribution >= 4 is 38.3 Å². The number of nitrogens with zero attached hydrogens (tertiary/aromatic N) is 5. The first kappa shape index (κ1) is 20.5. The van der Waals surface area contributed by atoms with Crippen LogP contribution in [0.1, 0.15) is 16.8 Å². The molecule has 31 heavy (non-hydrogen) atoms. The molecule has 2 aromatic carbocycles. The highest BCUT2D eigenvalue weighted by Gasteiger charge is 2.22. The molecule has 0 bridgehead atoms. The quantitative estimate of drug-likeness (QED) is 0.303. The first-order valence-corrected chi connectivity index (χ1v) is 10.3. The molecule has 0 aliphatic rings. The van der Waals surface area contributed by atoms with Crippen LogP contribution in [0, 0.1) is 10.1 Å². The summed E-state index contributed by atoms with van der Waals surface area (Å²) in [5, 5.41) is 11.5. The van der Waals surface area contributed by atoms with Gasteiger partial charge in [0.15, 0.2) is 5.13 Å². The van der Waals surface area contributed by atoms with E-state index >= 15 is 0 Å². The fourth-order valence-corrected chi connectivity index (χ4v) is 4.20. The number of anilines is 1. The van der Waals surface area contributed by atoms with Gasteiger partial charge in [-0.15, -0.1) is 0 Å². The van der Waals surface area contributed by atoms with E-state index in [4.69, 9.17) is 4.74 Å².